The maximum absolute atomic E-state index is 11.9. The van der Waals surface area contributed by atoms with Crippen LogP contribution in [0.5, 0.6) is 0 Å². The minimum atomic E-state index is -0.0975. The summed E-state index contributed by atoms with van der Waals surface area (Å²) in [4.78, 5) is 11.9. The lowest BCUT2D eigenvalue weighted by molar-refractivity contribution is -0.123. The van der Waals surface area contributed by atoms with Crippen LogP contribution in [-0.4, -0.2) is 31.7 Å². The van der Waals surface area contributed by atoms with Gasteiger partial charge in [0.1, 0.15) is 6.61 Å². The molecule has 0 radical (unpaired) electrons. The summed E-state index contributed by atoms with van der Waals surface area (Å²) >= 11 is 3.45. The van der Waals surface area contributed by atoms with Gasteiger partial charge >= 0.3 is 0 Å². The molecule has 104 valence electrons. The van der Waals surface area contributed by atoms with Gasteiger partial charge in [0.15, 0.2) is 0 Å². The number of halogens is 1. The van der Waals surface area contributed by atoms with E-state index < -0.39 is 0 Å². The Morgan fingerprint density at radius 2 is 2.21 bits per heavy atom. The maximum Gasteiger partial charge on any atom is 0.250 e. The van der Waals surface area contributed by atoms with Crippen LogP contribution in [0.4, 0.5) is 5.69 Å². The molecule has 0 aliphatic carbocycles. The van der Waals surface area contributed by atoms with E-state index >= 15 is 0 Å². The normalized spacial score (nSPS) is 16.3. The first-order valence-corrected chi connectivity index (χ1v) is 7.33. The lowest BCUT2D eigenvalue weighted by Gasteiger charge is -2.22. The van der Waals surface area contributed by atoms with Crippen LogP contribution in [0.3, 0.4) is 0 Å². The zero-order chi connectivity index (χ0) is 13.7. The summed E-state index contributed by atoms with van der Waals surface area (Å²) in [6.45, 7) is 4.03. The number of carbonyl (C=O) groups is 1. The molecule has 1 amide bonds. The molecule has 1 aliphatic heterocycles. The van der Waals surface area contributed by atoms with Crippen molar-refractivity contribution >= 4 is 27.5 Å². The van der Waals surface area contributed by atoms with Crippen molar-refractivity contribution in [3.05, 3.63) is 28.2 Å². The second-order valence-corrected chi connectivity index (χ2v) is 5.58. The first kappa shape index (κ1) is 14.5. The van der Waals surface area contributed by atoms with E-state index in [9.17, 15) is 4.79 Å². The average molecular weight is 327 g/mol. The third kappa shape index (κ3) is 4.30. The van der Waals surface area contributed by atoms with Crippen molar-refractivity contribution < 1.29 is 9.53 Å². The average Bonchev–Trinajstić information content (AvgIpc) is 2.43. The minimum Gasteiger partial charge on any atom is -0.368 e. The first-order valence-electron chi connectivity index (χ1n) is 6.54. The quantitative estimate of drug-likeness (QED) is 0.893. The molecule has 1 aliphatic rings. The Kier molecular flexibility index (Phi) is 5.36. The van der Waals surface area contributed by atoms with Crippen molar-refractivity contribution in [1.82, 2.24) is 5.32 Å². The SMILES string of the molecule is Cc1c(Br)cccc1NC(=O)COC1CCNCC1. The molecule has 5 heteroatoms. The molecule has 2 N–H and O–H groups in total. The van der Waals surface area contributed by atoms with E-state index in [1.165, 1.54) is 0 Å². The molecule has 1 aromatic carbocycles. The predicted molar refractivity (Wildman–Crippen MR) is 79.4 cm³/mol. The van der Waals surface area contributed by atoms with Gasteiger partial charge in [0.05, 0.1) is 6.10 Å². The number of piperidine rings is 1. The third-order valence-corrected chi connectivity index (χ3v) is 4.14. The molecule has 0 saturated carbocycles. The zero-order valence-corrected chi connectivity index (χ0v) is 12.6. The van der Waals surface area contributed by atoms with Gasteiger partial charge in [-0.05, 0) is 50.6 Å². The molecular formula is C14H19BrN2O2. The Bertz CT molecular complexity index is 445. The molecule has 0 spiro atoms. The van der Waals surface area contributed by atoms with E-state index in [1.54, 1.807) is 0 Å². The Morgan fingerprint density at radius 1 is 1.47 bits per heavy atom. The van der Waals surface area contributed by atoms with Crippen molar-refractivity contribution in [1.29, 1.82) is 0 Å². The highest BCUT2D eigenvalue weighted by molar-refractivity contribution is 9.10. The van der Waals surface area contributed by atoms with Gasteiger partial charge in [0.25, 0.3) is 0 Å². The molecule has 1 heterocycles. The lowest BCUT2D eigenvalue weighted by Crippen LogP contribution is -2.34. The van der Waals surface area contributed by atoms with E-state index in [2.05, 4.69) is 26.6 Å². The summed E-state index contributed by atoms with van der Waals surface area (Å²) in [5, 5.41) is 6.15. The van der Waals surface area contributed by atoms with Gasteiger partial charge in [-0.2, -0.15) is 0 Å². The second-order valence-electron chi connectivity index (χ2n) is 4.72. The van der Waals surface area contributed by atoms with Crippen molar-refractivity contribution in [3.8, 4) is 0 Å². The van der Waals surface area contributed by atoms with Crippen molar-refractivity contribution in [2.24, 2.45) is 0 Å². The second kappa shape index (κ2) is 7.03. The predicted octanol–water partition coefficient (Wildman–Crippen LogP) is 2.46. The molecule has 1 fully saturated rings. The van der Waals surface area contributed by atoms with Crippen LogP contribution in [0.15, 0.2) is 22.7 Å². The first-order chi connectivity index (χ1) is 9.16. The third-order valence-electron chi connectivity index (χ3n) is 3.28. The molecule has 0 atom stereocenters. The smallest absolute Gasteiger partial charge is 0.250 e. The molecule has 0 bridgehead atoms. The number of ether oxygens (including phenoxy) is 1. The number of nitrogens with one attached hydrogen (secondary N) is 2. The van der Waals surface area contributed by atoms with Crippen molar-refractivity contribution in [2.75, 3.05) is 25.0 Å². The number of carbonyl (C=O) groups excluding carboxylic acids is 1. The monoisotopic (exact) mass is 326 g/mol. The summed E-state index contributed by atoms with van der Waals surface area (Å²) in [5.74, 6) is -0.0975. The van der Waals surface area contributed by atoms with E-state index in [4.69, 9.17) is 4.74 Å². The molecule has 1 aromatic rings. The Hall–Kier alpha value is -0.910. The van der Waals surface area contributed by atoms with Crippen molar-refractivity contribution in [2.45, 2.75) is 25.9 Å². The Morgan fingerprint density at radius 3 is 2.95 bits per heavy atom. The number of rotatable bonds is 4. The van der Waals surface area contributed by atoms with Gasteiger partial charge in [-0.25, -0.2) is 0 Å². The highest BCUT2D eigenvalue weighted by Gasteiger charge is 2.15. The van der Waals surface area contributed by atoms with Gasteiger partial charge in [-0.15, -0.1) is 0 Å². The summed E-state index contributed by atoms with van der Waals surface area (Å²) in [7, 11) is 0. The van der Waals surface area contributed by atoms with Gasteiger partial charge in [0.2, 0.25) is 5.91 Å². The number of benzene rings is 1. The fraction of sp³-hybridized carbons (Fsp3) is 0.500. The standard InChI is InChI=1S/C14H19BrN2O2/c1-10-12(15)3-2-4-13(10)17-14(18)9-19-11-5-7-16-8-6-11/h2-4,11,16H,5-9H2,1H3,(H,17,18). The molecular weight excluding hydrogens is 308 g/mol. The maximum atomic E-state index is 11.9. The highest BCUT2D eigenvalue weighted by atomic mass is 79.9. The Balaban J connectivity index is 1.82. The van der Waals surface area contributed by atoms with Crippen LogP contribution in [-0.2, 0) is 9.53 Å². The van der Waals surface area contributed by atoms with Crippen LogP contribution in [0.1, 0.15) is 18.4 Å². The zero-order valence-electron chi connectivity index (χ0n) is 11.0. The van der Waals surface area contributed by atoms with Crippen molar-refractivity contribution in [3.63, 3.8) is 0 Å². The number of hydrogen-bond donors (Lipinski definition) is 2. The highest BCUT2D eigenvalue weighted by Crippen LogP contribution is 2.23. The van der Waals surface area contributed by atoms with Crippen LogP contribution >= 0.6 is 15.9 Å². The van der Waals surface area contributed by atoms with E-state index in [1.807, 2.05) is 25.1 Å². The summed E-state index contributed by atoms with van der Waals surface area (Å²) in [6.07, 6.45) is 2.16. The van der Waals surface area contributed by atoms with Gasteiger partial charge < -0.3 is 15.4 Å². The van der Waals surface area contributed by atoms with Crippen LogP contribution in [0.2, 0.25) is 0 Å². The van der Waals surface area contributed by atoms with Crippen LogP contribution in [0.25, 0.3) is 0 Å². The number of anilines is 1. The van der Waals surface area contributed by atoms with Crippen LogP contribution < -0.4 is 10.6 Å². The molecule has 0 aromatic heterocycles. The fourth-order valence-electron chi connectivity index (χ4n) is 2.08. The molecule has 2 rings (SSSR count). The summed E-state index contributed by atoms with van der Waals surface area (Å²) in [5.41, 5.74) is 1.85. The molecule has 0 unspecified atom stereocenters. The van der Waals surface area contributed by atoms with Gasteiger partial charge in [0, 0.05) is 10.2 Å². The topological polar surface area (TPSA) is 50.4 Å². The Labute approximate surface area is 122 Å². The fourth-order valence-corrected chi connectivity index (χ4v) is 2.45. The van der Waals surface area contributed by atoms with Gasteiger partial charge in [-0.3, -0.25) is 4.79 Å². The summed E-state index contributed by atoms with van der Waals surface area (Å²) in [6, 6.07) is 5.75. The molecule has 19 heavy (non-hydrogen) atoms. The largest absolute Gasteiger partial charge is 0.368 e. The number of amides is 1. The van der Waals surface area contributed by atoms with Gasteiger partial charge in [-0.1, -0.05) is 22.0 Å². The van der Waals surface area contributed by atoms with E-state index in [-0.39, 0.29) is 18.6 Å². The molecule has 1 saturated heterocycles. The van der Waals surface area contributed by atoms with Crippen LogP contribution in [0, 0.1) is 6.92 Å². The summed E-state index contributed by atoms with van der Waals surface area (Å²) < 4.78 is 6.61. The van der Waals surface area contributed by atoms with E-state index in [0.717, 1.165) is 41.7 Å². The minimum absolute atomic E-state index is 0.0975. The number of hydrogen-bond acceptors (Lipinski definition) is 3. The lowest BCUT2D eigenvalue weighted by atomic mass is 10.1. The molecule has 4 nitrogen and oxygen atoms in total. The van der Waals surface area contributed by atoms with E-state index in [0.29, 0.717) is 0 Å².